The van der Waals surface area contributed by atoms with Gasteiger partial charge in [0.05, 0.1) is 22.7 Å². The average molecular weight is 1510 g/mol. The van der Waals surface area contributed by atoms with Crippen molar-refractivity contribution < 1.29 is 101 Å². The number of amides is 11. The number of benzene rings is 3. The zero-order chi connectivity index (χ0) is 79.2. The Labute approximate surface area is 618 Å². The van der Waals surface area contributed by atoms with E-state index in [1.165, 1.54) is 94.4 Å². The number of carbonyl (C=O) groups is 12. The fourth-order valence-electron chi connectivity index (χ4n) is 11.8. The summed E-state index contributed by atoms with van der Waals surface area (Å²) >= 11 is 5.79. The molecule has 9 atom stereocenters. The van der Waals surface area contributed by atoms with E-state index in [-0.39, 0.29) is 74.5 Å². The molecule has 3 aliphatic heterocycles. The number of halogens is 1. The number of likely N-dealkylation sites (tertiary alicyclic amines) is 3. The monoisotopic (exact) mass is 1510 g/mol. The van der Waals surface area contributed by atoms with Crippen LogP contribution in [0.2, 0.25) is 5.02 Å². The maximum Gasteiger partial charge on any atom is 0.475 e. The molecule has 3 fully saturated rings. The maximum absolute atomic E-state index is 13.5. The lowest BCUT2D eigenvalue weighted by Gasteiger charge is -2.32. The van der Waals surface area contributed by atoms with Crippen LogP contribution in [-0.4, -0.2) is 231 Å². The Kier molecular flexibility index (Phi) is 34.6. The molecule has 3 aromatic carbocycles. The number of aliphatic carboxylic acids is 1. The molecule has 0 spiro atoms. The molecule has 1 unspecified atom stereocenters. The van der Waals surface area contributed by atoms with E-state index in [1.54, 1.807) is 69.2 Å². The van der Waals surface area contributed by atoms with Crippen LogP contribution in [0, 0.1) is 35.5 Å². The second kappa shape index (κ2) is 40.8. The molecule has 0 radical (unpaired) electrons. The minimum absolute atomic E-state index is 0.0100. The van der Waals surface area contributed by atoms with Crippen molar-refractivity contribution in [2.75, 3.05) is 26.2 Å². The predicted octanol–water partition coefficient (Wildman–Crippen LogP) is 0.0470. The number of carbonyl (C=O) groups excluding carboxylic acids is 11. The van der Waals surface area contributed by atoms with Gasteiger partial charge in [-0.25, -0.2) is 13.1 Å². The number of rotatable bonds is 29. The van der Waals surface area contributed by atoms with Gasteiger partial charge in [-0.3, -0.25) is 57.5 Å². The molecular formula is C68H101B3ClN11O21S. The third-order valence-electron chi connectivity index (χ3n) is 17.9. The molecule has 0 aliphatic carbocycles. The Morgan fingerprint density at radius 2 is 0.714 bits per heavy atom. The third-order valence-corrected chi connectivity index (χ3v) is 19.5. The highest BCUT2D eigenvalue weighted by Gasteiger charge is 2.44. The van der Waals surface area contributed by atoms with Gasteiger partial charge in [0.1, 0.15) is 42.8 Å². The Bertz CT molecular complexity index is 3610. The van der Waals surface area contributed by atoms with Gasteiger partial charge in [-0.05, 0) is 147 Å². The molecule has 0 saturated carbocycles. The average Bonchev–Trinajstić information content (AvgIpc) is 1.78. The first-order valence-electron chi connectivity index (χ1n) is 34.8. The van der Waals surface area contributed by atoms with Crippen LogP contribution in [0.1, 0.15) is 170 Å². The summed E-state index contributed by atoms with van der Waals surface area (Å²) in [6.45, 7) is 23.1. The van der Waals surface area contributed by atoms with Crippen molar-refractivity contribution >= 4 is 114 Å². The minimum atomic E-state index is -4.15. The van der Waals surface area contributed by atoms with E-state index in [9.17, 15) is 96.1 Å². The van der Waals surface area contributed by atoms with E-state index in [0.29, 0.717) is 63.2 Å². The zero-order valence-corrected chi connectivity index (χ0v) is 62.9. The highest BCUT2D eigenvalue weighted by atomic mass is 35.5. The number of nitrogens with one attached hydrogen (secondary N) is 8. The molecule has 6 rings (SSSR count). The molecule has 0 aromatic heterocycles. The van der Waals surface area contributed by atoms with Crippen molar-refractivity contribution in [1.82, 2.24) is 56.6 Å². The lowest BCUT2D eigenvalue weighted by molar-refractivity contribution is -0.142. The van der Waals surface area contributed by atoms with E-state index in [2.05, 4.69) is 37.2 Å². The Morgan fingerprint density at radius 1 is 0.429 bits per heavy atom. The normalized spacial score (nSPS) is 17.4. The summed E-state index contributed by atoms with van der Waals surface area (Å²) in [4.78, 5) is 155. The summed E-state index contributed by atoms with van der Waals surface area (Å²) < 4.78 is 27.0. The second-order valence-corrected chi connectivity index (χ2v) is 30.2. The predicted molar refractivity (Wildman–Crippen MR) is 389 cm³/mol. The summed E-state index contributed by atoms with van der Waals surface area (Å²) in [5, 5.41) is 84.4. The van der Waals surface area contributed by atoms with Gasteiger partial charge in [0.2, 0.25) is 41.4 Å². The van der Waals surface area contributed by atoms with Gasteiger partial charge in [-0.15, -0.1) is 0 Å². The highest BCUT2D eigenvalue weighted by molar-refractivity contribution is 7.90. The molecule has 105 heavy (non-hydrogen) atoms. The second-order valence-electron chi connectivity index (χ2n) is 28.1. The first kappa shape index (κ1) is 88.9. The van der Waals surface area contributed by atoms with Crippen LogP contribution in [0.25, 0.3) is 0 Å². The van der Waals surface area contributed by atoms with Gasteiger partial charge in [0.25, 0.3) is 33.7 Å². The summed E-state index contributed by atoms with van der Waals surface area (Å²) in [6, 6.07) is 11.2. The lowest BCUT2D eigenvalue weighted by Crippen LogP contribution is -2.58. The molecular weight excluding hydrogens is 1410 g/mol. The van der Waals surface area contributed by atoms with Crippen LogP contribution in [0.4, 0.5) is 0 Å². The number of hydrogen-bond acceptors (Lipinski definition) is 20. The Hall–Kier alpha value is -8.51. The van der Waals surface area contributed by atoms with Crippen LogP contribution in [0.15, 0.2) is 77.7 Å². The fraction of sp³-hybridized carbons (Fsp3) is 0.559. The summed E-state index contributed by atoms with van der Waals surface area (Å²) in [6.07, 6.45) is 3.14. The topological polar surface area (TPSA) is 487 Å². The summed E-state index contributed by atoms with van der Waals surface area (Å²) in [5.74, 6) is -10.7. The highest BCUT2D eigenvalue weighted by Crippen LogP contribution is 2.26. The Morgan fingerprint density at radius 3 is 0.981 bits per heavy atom. The van der Waals surface area contributed by atoms with Gasteiger partial charge in [0.15, 0.2) is 0 Å². The van der Waals surface area contributed by atoms with E-state index in [0.717, 1.165) is 0 Å². The minimum Gasteiger partial charge on any atom is -0.480 e. The SMILES string of the molecule is CC(=O)N[C@H](C(=O)N1CCC[C@H]1C(=O)N[C@H](B(O)O)C(C)C)C(C)C.CC(C)C(NC(=O)[C@@H]1CCCN1C(=O)[C@@H](NC(=O)c1ccc(C(=O)NS(=O)(=O)c2ccc(Cl)cc2)cc1)C(C)C)B(O)O.CC(C)[C@H](NC(=O)[C@@H]1CCCN1C(=O)[C@@H](NC(=O)c1ccc(C(=O)NCC(=O)O)cc1)C(C)C)B(O)O. The number of hydrogen-bond donors (Lipinski definition) is 15. The summed E-state index contributed by atoms with van der Waals surface area (Å²) in [7, 11) is -9.33. The largest absolute Gasteiger partial charge is 0.480 e. The van der Waals surface area contributed by atoms with Gasteiger partial charge in [0, 0.05) is 53.8 Å². The van der Waals surface area contributed by atoms with Crippen LogP contribution < -0.4 is 41.9 Å². The van der Waals surface area contributed by atoms with Crippen molar-refractivity contribution in [2.24, 2.45) is 35.5 Å². The molecule has 3 heterocycles. The molecule has 32 nitrogen and oxygen atoms in total. The van der Waals surface area contributed by atoms with E-state index < -0.39 is 151 Å². The molecule has 15 N–H and O–H groups in total. The number of sulfonamides is 1. The molecule has 3 aliphatic rings. The number of carboxylic acid groups (broad SMARTS) is 1. The number of carboxylic acids is 1. The van der Waals surface area contributed by atoms with E-state index >= 15 is 0 Å². The number of nitrogens with zero attached hydrogens (tertiary/aromatic N) is 3. The maximum atomic E-state index is 13.5. The molecule has 37 heteroatoms. The van der Waals surface area contributed by atoms with E-state index in [4.69, 9.17) is 16.7 Å². The third kappa shape index (κ3) is 25.9. The van der Waals surface area contributed by atoms with Crippen LogP contribution >= 0.6 is 11.6 Å². The van der Waals surface area contributed by atoms with Gasteiger partial charge < -0.3 is 87.2 Å². The van der Waals surface area contributed by atoms with Crippen molar-refractivity contribution in [2.45, 2.75) is 188 Å². The fourth-order valence-corrected chi connectivity index (χ4v) is 12.9. The van der Waals surface area contributed by atoms with Crippen LogP contribution in [0.5, 0.6) is 0 Å². The molecule has 576 valence electrons. The van der Waals surface area contributed by atoms with Crippen LogP contribution in [-0.2, 0) is 48.4 Å². The molecule has 0 bridgehead atoms. The van der Waals surface area contributed by atoms with Crippen molar-refractivity contribution in [3.63, 3.8) is 0 Å². The Balaban J connectivity index is 0.000000345. The molecule has 3 aromatic rings. The van der Waals surface area contributed by atoms with Gasteiger partial charge in [-0.1, -0.05) is 94.7 Å². The first-order valence-corrected chi connectivity index (χ1v) is 36.7. The van der Waals surface area contributed by atoms with Crippen molar-refractivity contribution in [3.8, 4) is 0 Å². The quantitative estimate of drug-likeness (QED) is 0.0408. The smallest absolute Gasteiger partial charge is 0.475 e. The van der Waals surface area contributed by atoms with Crippen LogP contribution in [0.3, 0.4) is 0 Å². The van der Waals surface area contributed by atoms with E-state index in [1.807, 2.05) is 18.6 Å². The van der Waals surface area contributed by atoms with Gasteiger partial charge >= 0.3 is 27.3 Å². The summed E-state index contributed by atoms with van der Waals surface area (Å²) in [5.41, 5.74) is 0.487. The molecule has 11 amide bonds. The van der Waals surface area contributed by atoms with Crippen molar-refractivity contribution in [1.29, 1.82) is 0 Å². The van der Waals surface area contributed by atoms with Gasteiger partial charge in [-0.2, -0.15) is 0 Å². The lowest BCUT2D eigenvalue weighted by atomic mass is 9.73. The first-order chi connectivity index (χ1) is 49.0. The standard InChI is InChI=1S/C28H36BClN4O8S.C24H35BN4O8.C16H30BN3O5/c1-16(2)23(28(38)34-15-5-6-22(34)27(37)32-24(17(3)4)29(39)40)31-25(35)18-7-9-19(10-8-18)26(36)33-43(41,42)21-13-11-20(30)12-14-21;1-13(2)19(27-22(33)16-9-7-15(8-10-16)21(32)26-12-18(30)31)24(35)29-11-5-6-17(29)23(34)28-20(14(3)4)25(36)37;1-9(2)13(18-11(5)21)16(23)20-8-6-7-12(20)15(22)19-14(10(3)4)17(24)25/h7-14,16-17,22-24,39-40H,5-6,15H2,1-4H3,(H,31,35)(H,32,37)(H,33,36);7-10,13-14,17,19-20,36-37H,5-6,11-12H2,1-4H3,(H,26,32)(H,27,33)(H,28,34)(H,30,31);9-10,12-14,24-25H,6-8H2,1-5H3,(H,18,21)(H,19,22)/t22-,23-,24?;17-,19-,20-;12-,13-,14-/m000/s1. The molecule has 3 saturated heterocycles. The zero-order valence-electron chi connectivity index (χ0n) is 61.4. The van der Waals surface area contributed by atoms with Crippen molar-refractivity contribution in [3.05, 3.63) is 100 Å².